The van der Waals surface area contributed by atoms with Crippen LogP contribution in [-0.4, -0.2) is 0 Å². The fourth-order valence-electron chi connectivity index (χ4n) is 2.20. The fraction of sp³-hybridized carbons (Fsp3) is 0.200. The average molecular weight is 288 g/mol. The molecule has 0 spiro atoms. The Hall–Kier alpha value is -1.28. The van der Waals surface area contributed by atoms with E-state index in [2.05, 4.69) is 52.3 Å². The van der Waals surface area contributed by atoms with Crippen molar-refractivity contribution in [2.75, 3.05) is 5.73 Å². The highest BCUT2D eigenvalue weighted by Crippen LogP contribution is 2.44. The molecule has 2 aromatic carbocycles. The van der Waals surface area contributed by atoms with E-state index < -0.39 is 0 Å². The lowest BCUT2D eigenvalue weighted by atomic mass is 9.97. The topological polar surface area (TPSA) is 26.0 Å². The quantitative estimate of drug-likeness (QED) is 0.804. The summed E-state index contributed by atoms with van der Waals surface area (Å²) in [5.41, 5.74) is 10.7. The molecule has 2 N–H and O–H groups in total. The number of rotatable bonds is 2. The summed E-state index contributed by atoms with van der Waals surface area (Å²) in [4.78, 5) is 0. The summed E-state index contributed by atoms with van der Waals surface area (Å²) in [7, 11) is 0. The molecule has 1 aliphatic carbocycles. The van der Waals surface area contributed by atoms with Crippen molar-refractivity contribution in [3.05, 3.63) is 52.5 Å². The van der Waals surface area contributed by atoms with Crippen molar-refractivity contribution in [1.29, 1.82) is 0 Å². The standard InChI is InChI=1S/C15H14BrN/c16-14-9-11(7-8-15(14)17)13-4-2-1-3-12(13)10-5-6-10/h1-4,7-10H,5-6,17H2. The van der Waals surface area contributed by atoms with Crippen LogP contribution in [0.3, 0.4) is 0 Å². The van der Waals surface area contributed by atoms with Crippen molar-refractivity contribution in [3.63, 3.8) is 0 Å². The Morgan fingerprint density at radius 2 is 1.82 bits per heavy atom. The number of nitrogens with two attached hydrogens (primary N) is 1. The molecule has 0 aliphatic heterocycles. The first-order valence-corrected chi connectivity index (χ1v) is 6.69. The summed E-state index contributed by atoms with van der Waals surface area (Å²) in [5, 5.41) is 0. The first-order chi connectivity index (χ1) is 8.25. The molecule has 1 nitrogen and oxygen atoms in total. The second-order valence-electron chi connectivity index (χ2n) is 4.60. The van der Waals surface area contributed by atoms with Crippen molar-refractivity contribution >= 4 is 21.6 Å². The van der Waals surface area contributed by atoms with Gasteiger partial charge in [-0.2, -0.15) is 0 Å². The van der Waals surface area contributed by atoms with Crippen LogP contribution in [0.2, 0.25) is 0 Å². The summed E-state index contributed by atoms with van der Waals surface area (Å²) in [6, 6.07) is 14.8. The van der Waals surface area contributed by atoms with Gasteiger partial charge in [0.05, 0.1) is 0 Å². The lowest BCUT2D eigenvalue weighted by Crippen LogP contribution is -1.90. The lowest BCUT2D eigenvalue weighted by molar-refractivity contribution is 1.13. The number of anilines is 1. The van der Waals surface area contributed by atoms with Crippen LogP contribution in [0.15, 0.2) is 46.9 Å². The molecular formula is C15H14BrN. The van der Waals surface area contributed by atoms with Gasteiger partial charge in [0.2, 0.25) is 0 Å². The van der Waals surface area contributed by atoms with Gasteiger partial charge in [-0.15, -0.1) is 0 Å². The molecule has 1 aliphatic rings. The molecule has 86 valence electrons. The minimum atomic E-state index is 0.766. The Bertz CT molecular complexity index is 559. The molecule has 1 fully saturated rings. The van der Waals surface area contributed by atoms with E-state index in [1.807, 2.05) is 6.07 Å². The van der Waals surface area contributed by atoms with E-state index in [0.717, 1.165) is 16.1 Å². The van der Waals surface area contributed by atoms with Gasteiger partial charge in [0, 0.05) is 10.2 Å². The van der Waals surface area contributed by atoms with Crippen molar-refractivity contribution in [2.24, 2.45) is 0 Å². The summed E-state index contributed by atoms with van der Waals surface area (Å²) in [6.07, 6.45) is 2.65. The maximum atomic E-state index is 5.83. The molecule has 0 aromatic heterocycles. The minimum Gasteiger partial charge on any atom is -0.398 e. The van der Waals surface area contributed by atoms with Crippen LogP contribution in [-0.2, 0) is 0 Å². The predicted molar refractivity (Wildman–Crippen MR) is 76.0 cm³/mol. The Labute approximate surface area is 110 Å². The minimum absolute atomic E-state index is 0.766. The van der Waals surface area contributed by atoms with Crippen molar-refractivity contribution in [1.82, 2.24) is 0 Å². The normalized spacial score (nSPS) is 14.9. The molecule has 0 amide bonds. The maximum Gasteiger partial charge on any atom is 0.0458 e. The Morgan fingerprint density at radius 1 is 1.06 bits per heavy atom. The van der Waals surface area contributed by atoms with Crippen LogP contribution in [0.25, 0.3) is 11.1 Å². The highest BCUT2D eigenvalue weighted by Gasteiger charge is 2.25. The second kappa shape index (κ2) is 4.19. The maximum absolute atomic E-state index is 5.83. The van der Waals surface area contributed by atoms with Crippen LogP contribution in [0.4, 0.5) is 5.69 Å². The molecule has 1 saturated carbocycles. The van der Waals surface area contributed by atoms with Crippen LogP contribution in [0.5, 0.6) is 0 Å². The van der Waals surface area contributed by atoms with Gasteiger partial charge in [0.1, 0.15) is 0 Å². The van der Waals surface area contributed by atoms with E-state index in [4.69, 9.17) is 5.73 Å². The van der Waals surface area contributed by atoms with Gasteiger partial charge < -0.3 is 5.73 Å². The van der Waals surface area contributed by atoms with E-state index in [1.165, 1.54) is 29.5 Å². The number of benzene rings is 2. The summed E-state index contributed by atoms with van der Waals surface area (Å²) < 4.78 is 0.973. The molecule has 0 bridgehead atoms. The Balaban J connectivity index is 2.11. The van der Waals surface area contributed by atoms with Gasteiger partial charge in [-0.25, -0.2) is 0 Å². The average Bonchev–Trinajstić information content (AvgIpc) is 3.17. The lowest BCUT2D eigenvalue weighted by Gasteiger charge is -2.10. The molecule has 2 aromatic rings. The van der Waals surface area contributed by atoms with Gasteiger partial charge in [-0.3, -0.25) is 0 Å². The highest BCUT2D eigenvalue weighted by atomic mass is 79.9. The van der Waals surface area contributed by atoms with Crippen molar-refractivity contribution in [2.45, 2.75) is 18.8 Å². The number of nitrogen functional groups attached to an aromatic ring is 1. The predicted octanol–water partition coefficient (Wildman–Crippen LogP) is 4.58. The first-order valence-electron chi connectivity index (χ1n) is 5.90. The van der Waals surface area contributed by atoms with Crippen molar-refractivity contribution < 1.29 is 0 Å². The van der Waals surface area contributed by atoms with Crippen molar-refractivity contribution in [3.8, 4) is 11.1 Å². The van der Waals surface area contributed by atoms with E-state index in [9.17, 15) is 0 Å². The zero-order chi connectivity index (χ0) is 11.8. The first kappa shape index (κ1) is 10.8. The van der Waals surface area contributed by atoms with E-state index in [0.29, 0.717) is 0 Å². The van der Waals surface area contributed by atoms with Crippen LogP contribution < -0.4 is 5.73 Å². The smallest absolute Gasteiger partial charge is 0.0458 e. The monoisotopic (exact) mass is 287 g/mol. The summed E-state index contributed by atoms with van der Waals surface area (Å²) >= 11 is 3.50. The SMILES string of the molecule is Nc1ccc(-c2ccccc2C2CC2)cc1Br. The molecule has 0 heterocycles. The molecule has 0 unspecified atom stereocenters. The van der Waals surface area contributed by atoms with Crippen LogP contribution >= 0.6 is 15.9 Å². The number of halogens is 1. The molecule has 2 heteroatoms. The number of hydrogen-bond acceptors (Lipinski definition) is 1. The third-order valence-electron chi connectivity index (χ3n) is 3.29. The zero-order valence-electron chi connectivity index (χ0n) is 9.49. The molecule has 0 atom stereocenters. The van der Waals surface area contributed by atoms with Crippen LogP contribution in [0, 0.1) is 0 Å². The van der Waals surface area contributed by atoms with Gasteiger partial charge in [0.15, 0.2) is 0 Å². The van der Waals surface area contributed by atoms with Gasteiger partial charge in [-0.05, 0) is 63.5 Å². The van der Waals surface area contributed by atoms with E-state index in [1.54, 1.807) is 0 Å². The fourth-order valence-corrected chi connectivity index (χ4v) is 2.58. The molecule has 0 radical (unpaired) electrons. The third kappa shape index (κ3) is 2.09. The van der Waals surface area contributed by atoms with Gasteiger partial charge in [0.25, 0.3) is 0 Å². The number of hydrogen-bond donors (Lipinski definition) is 1. The van der Waals surface area contributed by atoms with Crippen LogP contribution in [0.1, 0.15) is 24.3 Å². The largest absolute Gasteiger partial charge is 0.398 e. The summed E-state index contributed by atoms with van der Waals surface area (Å²) in [6.45, 7) is 0. The summed E-state index contributed by atoms with van der Waals surface area (Å²) in [5.74, 6) is 0.766. The van der Waals surface area contributed by atoms with Gasteiger partial charge in [-0.1, -0.05) is 30.3 Å². The van der Waals surface area contributed by atoms with Gasteiger partial charge >= 0.3 is 0 Å². The molecule has 3 rings (SSSR count). The van der Waals surface area contributed by atoms with E-state index in [-0.39, 0.29) is 0 Å². The Kier molecular flexibility index (Phi) is 2.67. The van der Waals surface area contributed by atoms with E-state index >= 15 is 0 Å². The molecule has 0 saturated heterocycles. The molecular weight excluding hydrogens is 274 g/mol. The zero-order valence-corrected chi connectivity index (χ0v) is 11.1. The molecule has 17 heavy (non-hydrogen) atoms. The third-order valence-corrected chi connectivity index (χ3v) is 3.98. The highest BCUT2D eigenvalue weighted by molar-refractivity contribution is 9.10. The second-order valence-corrected chi connectivity index (χ2v) is 5.45. The Morgan fingerprint density at radius 3 is 2.53 bits per heavy atom.